The van der Waals surface area contributed by atoms with Crippen LogP contribution in [0, 0.1) is 0 Å². The highest BCUT2D eigenvalue weighted by Gasteiger charge is 2.38. The van der Waals surface area contributed by atoms with Gasteiger partial charge in [0.2, 0.25) is 5.88 Å². The van der Waals surface area contributed by atoms with Gasteiger partial charge in [-0.3, -0.25) is 4.79 Å². The summed E-state index contributed by atoms with van der Waals surface area (Å²) in [6.07, 6.45) is -8.39. The molecule has 0 saturated heterocycles. The second-order valence-electron chi connectivity index (χ2n) is 2.92. The van der Waals surface area contributed by atoms with E-state index in [-0.39, 0.29) is 12.5 Å². The number of rotatable bonds is 3. The molecule has 0 amide bonds. The highest BCUT2D eigenvalue weighted by molar-refractivity contribution is 5.81. The summed E-state index contributed by atoms with van der Waals surface area (Å²) in [6, 6.07) is 0. The summed E-state index contributed by atoms with van der Waals surface area (Å²) >= 11 is 0. The second kappa shape index (κ2) is 4.64. The predicted octanol–water partition coefficient (Wildman–Crippen LogP) is 2.86. The number of ether oxygens (including phenoxy) is 1. The van der Waals surface area contributed by atoms with E-state index in [0.717, 1.165) is 7.11 Å². The lowest BCUT2D eigenvalue weighted by Crippen LogP contribution is -2.13. The summed E-state index contributed by atoms with van der Waals surface area (Å²) in [5.41, 5.74) is -3.95. The third kappa shape index (κ3) is 2.51. The Labute approximate surface area is 92.2 Å². The van der Waals surface area contributed by atoms with Gasteiger partial charge in [0.15, 0.2) is 6.29 Å². The summed E-state index contributed by atoms with van der Waals surface area (Å²) in [6.45, 7) is 0. The van der Waals surface area contributed by atoms with E-state index in [4.69, 9.17) is 0 Å². The van der Waals surface area contributed by atoms with E-state index < -0.39 is 35.2 Å². The largest absolute Gasteiger partial charge is 0.480 e. The van der Waals surface area contributed by atoms with Crippen LogP contribution in [0.4, 0.5) is 22.0 Å². The van der Waals surface area contributed by atoms with Crippen LogP contribution in [-0.2, 0) is 6.18 Å². The number of hydrogen-bond acceptors (Lipinski definition) is 3. The van der Waals surface area contributed by atoms with Crippen LogP contribution in [0.25, 0.3) is 0 Å². The van der Waals surface area contributed by atoms with Crippen LogP contribution in [0.5, 0.6) is 5.88 Å². The monoisotopic (exact) mass is 255 g/mol. The van der Waals surface area contributed by atoms with E-state index in [2.05, 4.69) is 9.72 Å². The molecule has 1 aromatic rings. The number of aromatic nitrogens is 1. The standard InChI is InChI=1S/C9H6F5NO2/c1-17-8-4(3-16)6(7(10)11)5(2-15-8)9(12,13)14/h2-3,7H,1H3. The van der Waals surface area contributed by atoms with Gasteiger partial charge in [-0.15, -0.1) is 0 Å². The van der Waals surface area contributed by atoms with Crippen molar-refractivity contribution in [2.75, 3.05) is 7.11 Å². The summed E-state index contributed by atoms with van der Waals surface area (Å²) in [5.74, 6) is -0.566. The molecule has 0 aliphatic rings. The molecule has 0 aliphatic heterocycles. The molecule has 0 unspecified atom stereocenters. The molecule has 0 spiro atoms. The zero-order valence-corrected chi connectivity index (χ0v) is 8.39. The first-order valence-corrected chi connectivity index (χ1v) is 4.20. The third-order valence-corrected chi connectivity index (χ3v) is 1.96. The van der Waals surface area contributed by atoms with Gasteiger partial charge in [-0.05, 0) is 0 Å². The van der Waals surface area contributed by atoms with Crippen LogP contribution in [0.3, 0.4) is 0 Å². The fraction of sp³-hybridized carbons (Fsp3) is 0.333. The minimum absolute atomic E-state index is 0.136. The van der Waals surface area contributed by atoms with Crippen LogP contribution in [0.1, 0.15) is 27.9 Å². The SMILES string of the molecule is COc1ncc(C(F)(F)F)c(C(F)F)c1C=O. The van der Waals surface area contributed by atoms with Crippen LogP contribution in [0.15, 0.2) is 6.20 Å². The van der Waals surface area contributed by atoms with Crippen molar-refractivity contribution in [3.8, 4) is 5.88 Å². The van der Waals surface area contributed by atoms with E-state index in [9.17, 15) is 26.7 Å². The topological polar surface area (TPSA) is 39.2 Å². The molecule has 0 aromatic carbocycles. The van der Waals surface area contributed by atoms with Crippen molar-refractivity contribution in [2.24, 2.45) is 0 Å². The smallest absolute Gasteiger partial charge is 0.418 e. The van der Waals surface area contributed by atoms with Gasteiger partial charge in [-0.1, -0.05) is 0 Å². The van der Waals surface area contributed by atoms with Crippen molar-refractivity contribution in [3.05, 3.63) is 22.9 Å². The maximum absolute atomic E-state index is 12.6. The first-order valence-electron chi connectivity index (χ1n) is 4.20. The molecule has 0 saturated carbocycles. The Morgan fingerprint density at radius 1 is 1.41 bits per heavy atom. The second-order valence-corrected chi connectivity index (χ2v) is 2.92. The Balaban J connectivity index is 3.59. The number of carbonyl (C=O) groups is 1. The fourth-order valence-corrected chi connectivity index (χ4v) is 1.26. The number of pyridine rings is 1. The first-order chi connectivity index (χ1) is 7.82. The number of aldehydes is 1. The van der Waals surface area contributed by atoms with Crippen LogP contribution < -0.4 is 4.74 Å². The number of carbonyl (C=O) groups excluding carboxylic acids is 1. The molecule has 0 bridgehead atoms. The van der Waals surface area contributed by atoms with Gasteiger partial charge in [0.25, 0.3) is 6.43 Å². The number of methoxy groups -OCH3 is 1. The number of alkyl halides is 5. The number of nitrogens with zero attached hydrogens (tertiary/aromatic N) is 1. The van der Waals surface area contributed by atoms with E-state index in [1.54, 1.807) is 0 Å². The number of halogens is 5. The molecule has 94 valence electrons. The van der Waals surface area contributed by atoms with Crippen molar-refractivity contribution in [2.45, 2.75) is 12.6 Å². The van der Waals surface area contributed by atoms with E-state index in [1.807, 2.05) is 0 Å². The van der Waals surface area contributed by atoms with Crippen molar-refractivity contribution in [3.63, 3.8) is 0 Å². The quantitative estimate of drug-likeness (QED) is 0.615. The third-order valence-electron chi connectivity index (χ3n) is 1.96. The van der Waals surface area contributed by atoms with E-state index >= 15 is 0 Å². The maximum atomic E-state index is 12.6. The Hall–Kier alpha value is -1.73. The van der Waals surface area contributed by atoms with Gasteiger partial charge in [0.05, 0.1) is 18.2 Å². The van der Waals surface area contributed by atoms with Gasteiger partial charge in [0, 0.05) is 11.8 Å². The fourth-order valence-electron chi connectivity index (χ4n) is 1.26. The van der Waals surface area contributed by atoms with Gasteiger partial charge in [0.1, 0.15) is 0 Å². The van der Waals surface area contributed by atoms with Gasteiger partial charge in [-0.2, -0.15) is 13.2 Å². The van der Waals surface area contributed by atoms with Gasteiger partial charge >= 0.3 is 6.18 Å². The lowest BCUT2D eigenvalue weighted by Gasteiger charge is -2.15. The zero-order valence-electron chi connectivity index (χ0n) is 8.39. The van der Waals surface area contributed by atoms with Crippen LogP contribution in [0.2, 0.25) is 0 Å². The molecule has 3 nitrogen and oxygen atoms in total. The Morgan fingerprint density at radius 2 is 2.00 bits per heavy atom. The van der Waals surface area contributed by atoms with Crippen molar-refractivity contribution >= 4 is 6.29 Å². The lowest BCUT2D eigenvalue weighted by atomic mass is 10.0. The summed E-state index contributed by atoms with van der Waals surface area (Å²) in [7, 11) is 1.01. The molecular formula is C9H6F5NO2. The summed E-state index contributed by atoms with van der Waals surface area (Å²) in [4.78, 5) is 13.7. The highest BCUT2D eigenvalue weighted by atomic mass is 19.4. The lowest BCUT2D eigenvalue weighted by molar-refractivity contribution is -0.139. The van der Waals surface area contributed by atoms with Crippen molar-refractivity contribution in [1.29, 1.82) is 0 Å². The van der Waals surface area contributed by atoms with Crippen molar-refractivity contribution < 1.29 is 31.5 Å². The summed E-state index contributed by atoms with van der Waals surface area (Å²) < 4.78 is 66.9. The Bertz CT molecular complexity index is 430. The molecule has 1 aromatic heterocycles. The molecule has 0 aliphatic carbocycles. The zero-order chi connectivity index (χ0) is 13.2. The van der Waals surface area contributed by atoms with E-state index in [1.165, 1.54) is 0 Å². The molecule has 0 radical (unpaired) electrons. The van der Waals surface area contributed by atoms with Crippen molar-refractivity contribution in [1.82, 2.24) is 4.98 Å². The normalized spacial score (nSPS) is 11.7. The first kappa shape index (κ1) is 13.3. The molecule has 0 atom stereocenters. The summed E-state index contributed by atoms with van der Waals surface area (Å²) in [5, 5.41) is 0. The maximum Gasteiger partial charge on any atom is 0.418 e. The average Bonchev–Trinajstić information content (AvgIpc) is 2.25. The molecule has 0 fully saturated rings. The molecular weight excluding hydrogens is 249 g/mol. The van der Waals surface area contributed by atoms with Gasteiger partial charge in [-0.25, -0.2) is 13.8 Å². The minimum atomic E-state index is -5.01. The highest BCUT2D eigenvalue weighted by Crippen LogP contribution is 2.39. The average molecular weight is 255 g/mol. The van der Waals surface area contributed by atoms with Gasteiger partial charge < -0.3 is 4.74 Å². The Morgan fingerprint density at radius 3 is 2.35 bits per heavy atom. The molecule has 17 heavy (non-hydrogen) atoms. The van der Waals surface area contributed by atoms with Crippen LogP contribution in [-0.4, -0.2) is 18.4 Å². The minimum Gasteiger partial charge on any atom is -0.480 e. The molecule has 0 N–H and O–H groups in total. The molecule has 1 heterocycles. The Kier molecular flexibility index (Phi) is 3.64. The molecule has 1 rings (SSSR count). The van der Waals surface area contributed by atoms with Crippen LogP contribution >= 0.6 is 0 Å². The van der Waals surface area contributed by atoms with E-state index in [0.29, 0.717) is 0 Å². The predicted molar refractivity (Wildman–Crippen MR) is 46.1 cm³/mol. The molecule has 8 heteroatoms. The number of hydrogen-bond donors (Lipinski definition) is 0.